The van der Waals surface area contributed by atoms with Gasteiger partial charge in [0.15, 0.2) is 0 Å². The van der Waals surface area contributed by atoms with E-state index < -0.39 is 0 Å². The Labute approximate surface area is 132 Å². The minimum Gasteiger partial charge on any atom is -0.267 e. The molecule has 0 unspecified atom stereocenters. The summed E-state index contributed by atoms with van der Waals surface area (Å²) < 4.78 is 0. The Morgan fingerprint density at radius 2 is 1.86 bits per heavy atom. The van der Waals surface area contributed by atoms with Crippen molar-refractivity contribution < 1.29 is 4.79 Å². The van der Waals surface area contributed by atoms with Crippen molar-refractivity contribution >= 4 is 46.3 Å². The van der Waals surface area contributed by atoms with Gasteiger partial charge in [-0.1, -0.05) is 11.6 Å². The van der Waals surface area contributed by atoms with Crippen molar-refractivity contribution in [2.24, 2.45) is 5.10 Å². The normalized spacial score (nSPS) is 16.7. The van der Waals surface area contributed by atoms with Crippen LogP contribution in [-0.4, -0.2) is 11.6 Å². The molecular weight excluding hydrogens is 304 g/mol. The molecule has 21 heavy (non-hydrogen) atoms. The summed E-state index contributed by atoms with van der Waals surface area (Å²) in [5, 5.41) is 6.40. The third-order valence-corrected chi connectivity index (χ3v) is 4.38. The Morgan fingerprint density at radius 3 is 2.48 bits per heavy atom. The smallest absolute Gasteiger partial charge is 0.267 e. The van der Waals surface area contributed by atoms with Crippen LogP contribution in [0.2, 0.25) is 5.02 Å². The van der Waals surface area contributed by atoms with Gasteiger partial charge in [0.2, 0.25) is 0 Å². The third kappa shape index (κ3) is 2.77. The number of carbonyl (C=O) groups excluding carboxylic acids is 1. The zero-order valence-corrected chi connectivity index (χ0v) is 13.2. The molecule has 1 aromatic carbocycles. The lowest BCUT2D eigenvalue weighted by Gasteiger charge is -2.11. The minimum atomic E-state index is -0.110. The molecule has 0 saturated carbocycles. The van der Waals surface area contributed by atoms with Gasteiger partial charge in [0.1, 0.15) is 0 Å². The highest BCUT2D eigenvalue weighted by Gasteiger charge is 2.28. The van der Waals surface area contributed by atoms with Crippen LogP contribution in [0.1, 0.15) is 16.7 Å². The lowest BCUT2D eigenvalue weighted by Crippen LogP contribution is -2.21. The number of thiophene rings is 1. The largest absolute Gasteiger partial charge is 0.280 e. The lowest BCUT2D eigenvalue weighted by molar-refractivity contribution is -0.114. The van der Waals surface area contributed by atoms with Gasteiger partial charge in [-0.15, -0.1) is 11.3 Å². The molecule has 1 aromatic heterocycles. The average molecular weight is 317 g/mol. The quantitative estimate of drug-likeness (QED) is 0.750. The van der Waals surface area contributed by atoms with Gasteiger partial charge in [-0.05, 0) is 56.3 Å². The van der Waals surface area contributed by atoms with Crippen LogP contribution in [0.5, 0.6) is 0 Å². The molecule has 0 atom stereocenters. The molecule has 1 aliphatic rings. The highest BCUT2D eigenvalue weighted by atomic mass is 35.5. The van der Waals surface area contributed by atoms with E-state index in [9.17, 15) is 4.79 Å². The molecular formula is C16H13ClN2OS. The van der Waals surface area contributed by atoms with E-state index in [1.165, 1.54) is 9.89 Å². The molecule has 3 rings (SSSR count). The van der Waals surface area contributed by atoms with E-state index in [4.69, 9.17) is 11.6 Å². The van der Waals surface area contributed by atoms with Crippen LogP contribution in [0.4, 0.5) is 5.69 Å². The van der Waals surface area contributed by atoms with Gasteiger partial charge in [0.05, 0.1) is 17.0 Å². The third-order valence-electron chi connectivity index (χ3n) is 3.18. The molecule has 0 saturated heterocycles. The first-order chi connectivity index (χ1) is 10.0. The predicted octanol–water partition coefficient (Wildman–Crippen LogP) is 4.52. The molecule has 0 radical (unpaired) electrons. The number of nitrogens with zero attached hydrogens (tertiary/aromatic N) is 2. The van der Waals surface area contributed by atoms with Crippen molar-refractivity contribution in [1.82, 2.24) is 0 Å². The van der Waals surface area contributed by atoms with Gasteiger partial charge in [0, 0.05) is 14.8 Å². The molecule has 0 bridgehead atoms. The summed E-state index contributed by atoms with van der Waals surface area (Å²) in [5.74, 6) is -0.110. The first kappa shape index (κ1) is 14.0. The zero-order chi connectivity index (χ0) is 15.0. The fourth-order valence-electron chi connectivity index (χ4n) is 2.11. The summed E-state index contributed by atoms with van der Waals surface area (Å²) in [6.07, 6.45) is 1.90. The second kappa shape index (κ2) is 5.47. The number of rotatable bonds is 2. The Morgan fingerprint density at radius 1 is 1.14 bits per heavy atom. The molecule has 106 valence electrons. The van der Waals surface area contributed by atoms with E-state index in [2.05, 4.69) is 5.10 Å². The predicted molar refractivity (Wildman–Crippen MR) is 89.1 cm³/mol. The average Bonchev–Trinajstić information content (AvgIpc) is 2.98. The monoisotopic (exact) mass is 316 g/mol. The molecule has 5 heteroatoms. The standard InChI is InChI=1S/C16H13ClN2OS/c1-10-3-8-14(21-10)9-15-11(2)18-19(16(15)20)13-6-4-12(17)5-7-13/h3-9H,1-2H3/b15-9+. The van der Waals surface area contributed by atoms with Gasteiger partial charge in [-0.3, -0.25) is 4.79 Å². The fourth-order valence-corrected chi connectivity index (χ4v) is 3.06. The van der Waals surface area contributed by atoms with Gasteiger partial charge in [-0.25, -0.2) is 0 Å². The van der Waals surface area contributed by atoms with Gasteiger partial charge < -0.3 is 0 Å². The topological polar surface area (TPSA) is 32.7 Å². The number of halogens is 1. The maximum atomic E-state index is 12.5. The maximum absolute atomic E-state index is 12.5. The summed E-state index contributed by atoms with van der Waals surface area (Å²) >= 11 is 7.53. The van der Waals surface area contributed by atoms with Crippen molar-refractivity contribution in [3.05, 3.63) is 56.7 Å². The lowest BCUT2D eigenvalue weighted by atomic mass is 10.1. The number of hydrogen-bond donors (Lipinski definition) is 0. The number of aryl methyl sites for hydroxylation is 1. The Kier molecular flexibility index (Phi) is 3.66. The van der Waals surface area contributed by atoms with E-state index in [0.29, 0.717) is 10.6 Å². The van der Waals surface area contributed by atoms with Crippen molar-refractivity contribution in [3.63, 3.8) is 0 Å². The molecule has 0 aliphatic carbocycles. The van der Waals surface area contributed by atoms with E-state index in [1.807, 2.05) is 32.1 Å². The molecule has 1 aliphatic heterocycles. The summed E-state index contributed by atoms with van der Waals surface area (Å²) in [7, 11) is 0. The Hall–Kier alpha value is -1.91. The zero-order valence-electron chi connectivity index (χ0n) is 11.6. The van der Waals surface area contributed by atoms with Crippen molar-refractivity contribution in [1.29, 1.82) is 0 Å². The minimum absolute atomic E-state index is 0.110. The highest BCUT2D eigenvalue weighted by Crippen LogP contribution is 2.27. The number of carbonyl (C=O) groups is 1. The number of hydrazone groups is 1. The molecule has 0 spiro atoms. The van der Waals surface area contributed by atoms with E-state index in [0.717, 1.165) is 16.3 Å². The SMILES string of the molecule is CC1=NN(c2ccc(Cl)cc2)C(=O)/C1=C/c1ccc(C)s1. The summed E-state index contributed by atoms with van der Waals surface area (Å²) in [6.45, 7) is 3.89. The molecule has 0 fully saturated rings. The highest BCUT2D eigenvalue weighted by molar-refractivity contribution is 7.12. The summed E-state index contributed by atoms with van der Waals surface area (Å²) in [5.41, 5.74) is 2.07. The van der Waals surface area contributed by atoms with Crippen LogP contribution in [0.15, 0.2) is 47.1 Å². The van der Waals surface area contributed by atoms with Gasteiger partial charge >= 0.3 is 0 Å². The Bertz CT molecular complexity index is 759. The fraction of sp³-hybridized carbons (Fsp3) is 0.125. The maximum Gasteiger partial charge on any atom is 0.280 e. The molecule has 0 N–H and O–H groups in total. The van der Waals surface area contributed by atoms with Crippen LogP contribution in [0.3, 0.4) is 0 Å². The van der Waals surface area contributed by atoms with Crippen LogP contribution < -0.4 is 5.01 Å². The second-order valence-electron chi connectivity index (χ2n) is 4.79. The molecule has 1 amide bonds. The first-order valence-corrected chi connectivity index (χ1v) is 7.68. The van der Waals surface area contributed by atoms with Crippen LogP contribution in [0, 0.1) is 6.92 Å². The van der Waals surface area contributed by atoms with E-state index >= 15 is 0 Å². The number of anilines is 1. The molecule has 3 nitrogen and oxygen atoms in total. The van der Waals surface area contributed by atoms with Crippen molar-refractivity contribution in [2.45, 2.75) is 13.8 Å². The summed E-state index contributed by atoms with van der Waals surface area (Å²) in [4.78, 5) is 14.8. The van der Waals surface area contributed by atoms with Crippen LogP contribution in [0.25, 0.3) is 6.08 Å². The van der Waals surface area contributed by atoms with Crippen LogP contribution in [-0.2, 0) is 4.79 Å². The molecule has 2 aromatic rings. The number of benzene rings is 1. The Balaban J connectivity index is 1.93. The number of hydrogen-bond acceptors (Lipinski definition) is 3. The van der Waals surface area contributed by atoms with E-state index in [1.54, 1.807) is 35.6 Å². The van der Waals surface area contributed by atoms with E-state index in [-0.39, 0.29) is 5.91 Å². The second-order valence-corrected chi connectivity index (χ2v) is 6.54. The first-order valence-electron chi connectivity index (χ1n) is 6.48. The van der Waals surface area contributed by atoms with Crippen molar-refractivity contribution in [3.8, 4) is 0 Å². The van der Waals surface area contributed by atoms with Gasteiger partial charge in [-0.2, -0.15) is 10.1 Å². The van der Waals surface area contributed by atoms with Crippen molar-refractivity contribution in [2.75, 3.05) is 5.01 Å². The number of amides is 1. The summed E-state index contributed by atoms with van der Waals surface area (Å²) in [6, 6.07) is 11.1. The molecule has 2 heterocycles. The van der Waals surface area contributed by atoms with Crippen LogP contribution >= 0.6 is 22.9 Å². The van der Waals surface area contributed by atoms with Gasteiger partial charge in [0.25, 0.3) is 5.91 Å².